The van der Waals surface area contributed by atoms with Gasteiger partial charge in [-0.2, -0.15) is 0 Å². The van der Waals surface area contributed by atoms with Crippen molar-refractivity contribution in [2.45, 2.75) is 26.2 Å². The summed E-state index contributed by atoms with van der Waals surface area (Å²) >= 11 is 0. The van der Waals surface area contributed by atoms with E-state index in [1.807, 2.05) is 12.1 Å². The highest BCUT2D eigenvalue weighted by Gasteiger charge is 2.13. The average molecular weight is 261 g/mol. The molecule has 1 heterocycles. The fourth-order valence-corrected chi connectivity index (χ4v) is 2.28. The molecule has 1 aliphatic rings. The highest BCUT2D eigenvalue weighted by molar-refractivity contribution is 5.96. The smallest absolute Gasteiger partial charge is 0.164 e. The van der Waals surface area contributed by atoms with Gasteiger partial charge < -0.3 is 4.74 Å². The van der Waals surface area contributed by atoms with Crippen LogP contribution < -0.4 is 0 Å². The Morgan fingerprint density at radius 1 is 1.21 bits per heavy atom. The molecule has 0 atom stereocenters. The van der Waals surface area contributed by atoms with Crippen LogP contribution in [0.3, 0.4) is 0 Å². The molecule has 0 aliphatic carbocycles. The predicted octanol–water partition coefficient (Wildman–Crippen LogP) is 2.72. The zero-order chi connectivity index (χ0) is 13.7. The van der Waals surface area contributed by atoms with E-state index in [0.717, 1.165) is 38.4 Å². The number of carbonyl (C=O) groups excluding carboxylic acids is 1. The van der Waals surface area contributed by atoms with Crippen LogP contribution in [0.5, 0.6) is 0 Å². The van der Waals surface area contributed by atoms with Gasteiger partial charge in [0.15, 0.2) is 5.78 Å². The Labute approximate surface area is 115 Å². The second kappa shape index (κ2) is 6.83. The number of benzene rings is 1. The molecule has 0 amide bonds. The highest BCUT2D eigenvalue weighted by Crippen LogP contribution is 2.15. The van der Waals surface area contributed by atoms with Crippen LogP contribution in [-0.2, 0) is 4.74 Å². The summed E-state index contributed by atoms with van der Waals surface area (Å²) in [5.41, 5.74) is 2.11. The van der Waals surface area contributed by atoms with E-state index in [0.29, 0.717) is 12.3 Å². The van der Waals surface area contributed by atoms with Crippen LogP contribution in [0.4, 0.5) is 0 Å². The summed E-state index contributed by atoms with van der Waals surface area (Å²) in [6.45, 7) is 8.63. The maximum atomic E-state index is 12.1. The van der Waals surface area contributed by atoms with Gasteiger partial charge in [0, 0.05) is 31.6 Å². The number of rotatable bonds is 5. The number of hydrogen-bond acceptors (Lipinski definition) is 3. The zero-order valence-corrected chi connectivity index (χ0v) is 11.9. The number of ether oxygens (including phenoxy) is 1. The maximum Gasteiger partial charge on any atom is 0.164 e. The van der Waals surface area contributed by atoms with E-state index in [4.69, 9.17) is 4.74 Å². The number of morpholine rings is 1. The molecule has 19 heavy (non-hydrogen) atoms. The first-order valence-electron chi connectivity index (χ1n) is 7.10. The van der Waals surface area contributed by atoms with E-state index in [-0.39, 0.29) is 5.78 Å². The minimum Gasteiger partial charge on any atom is -0.379 e. The summed E-state index contributed by atoms with van der Waals surface area (Å²) < 4.78 is 5.30. The standard InChI is InChI=1S/C16H23NO2/c1-13(2)14-3-5-15(6-4-14)16(18)7-8-17-9-11-19-12-10-17/h3-6,13H,7-12H2,1-2H3. The monoisotopic (exact) mass is 261 g/mol. The second-order valence-corrected chi connectivity index (χ2v) is 5.40. The van der Waals surface area contributed by atoms with Crippen LogP contribution in [0.25, 0.3) is 0 Å². The lowest BCUT2D eigenvalue weighted by atomic mass is 10.00. The van der Waals surface area contributed by atoms with Crippen molar-refractivity contribution in [3.63, 3.8) is 0 Å². The first kappa shape index (κ1) is 14.2. The van der Waals surface area contributed by atoms with E-state index < -0.39 is 0 Å². The van der Waals surface area contributed by atoms with E-state index in [9.17, 15) is 4.79 Å². The molecular formula is C16H23NO2. The zero-order valence-electron chi connectivity index (χ0n) is 11.9. The second-order valence-electron chi connectivity index (χ2n) is 5.40. The molecule has 1 aromatic rings. The molecule has 0 N–H and O–H groups in total. The van der Waals surface area contributed by atoms with Gasteiger partial charge in [-0.05, 0) is 11.5 Å². The Hall–Kier alpha value is -1.19. The molecule has 0 aromatic heterocycles. The molecule has 0 bridgehead atoms. The molecule has 3 heteroatoms. The van der Waals surface area contributed by atoms with Gasteiger partial charge in [0.1, 0.15) is 0 Å². The highest BCUT2D eigenvalue weighted by atomic mass is 16.5. The lowest BCUT2D eigenvalue weighted by Crippen LogP contribution is -2.37. The van der Waals surface area contributed by atoms with E-state index >= 15 is 0 Å². The van der Waals surface area contributed by atoms with Gasteiger partial charge in [0.05, 0.1) is 13.2 Å². The Bertz CT molecular complexity index is 405. The van der Waals surface area contributed by atoms with Crippen molar-refractivity contribution < 1.29 is 9.53 Å². The molecule has 0 unspecified atom stereocenters. The van der Waals surface area contributed by atoms with Crippen LogP contribution in [0.15, 0.2) is 24.3 Å². The SMILES string of the molecule is CC(C)c1ccc(C(=O)CCN2CCOCC2)cc1. The summed E-state index contributed by atoms with van der Waals surface area (Å²) in [5.74, 6) is 0.749. The van der Waals surface area contributed by atoms with Crippen LogP contribution in [0, 0.1) is 0 Å². The summed E-state index contributed by atoms with van der Waals surface area (Å²) in [6, 6.07) is 8.03. The third-order valence-electron chi connectivity index (χ3n) is 3.66. The number of ketones is 1. The van der Waals surface area contributed by atoms with Gasteiger partial charge in [-0.3, -0.25) is 9.69 Å². The van der Waals surface area contributed by atoms with Gasteiger partial charge in [0.25, 0.3) is 0 Å². The van der Waals surface area contributed by atoms with Crippen molar-refractivity contribution in [2.24, 2.45) is 0 Å². The lowest BCUT2D eigenvalue weighted by molar-refractivity contribution is 0.0370. The van der Waals surface area contributed by atoms with E-state index in [1.165, 1.54) is 5.56 Å². The topological polar surface area (TPSA) is 29.5 Å². The molecule has 1 saturated heterocycles. The quantitative estimate of drug-likeness (QED) is 0.763. The fraction of sp³-hybridized carbons (Fsp3) is 0.562. The summed E-state index contributed by atoms with van der Waals surface area (Å²) in [4.78, 5) is 14.4. The summed E-state index contributed by atoms with van der Waals surface area (Å²) in [6.07, 6.45) is 0.598. The van der Waals surface area contributed by atoms with Crippen molar-refractivity contribution in [2.75, 3.05) is 32.8 Å². The Balaban J connectivity index is 1.85. The average Bonchev–Trinajstić information content (AvgIpc) is 2.46. The van der Waals surface area contributed by atoms with Crippen molar-refractivity contribution in [3.05, 3.63) is 35.4 Å². The third-order valence-corrected chi connectivity index (χ3v) is 3.66. The summed E-state index contributed by atoms with van der Waals surface area (Å²) in [5, 5.41) is 0. The van der Waals surface area contributed by atoms with Crippen LogP contribution in [0.1, 0.15) is 42.1 Å². The molecule has 1 fully saturated rings. The first-order chi connectivity index (χ1) is 9.16. The lowest BCUT2D eigenvalue weighted by Gasteiger charge is -2.26. The minimum absolute atomic E-state index is 0.238. The largest absolute Gasteiger partial charge is 0.379 e. The van der Waals surface area contributed by atoms with Crippen molar-refractivity contribution >= 4 is 5.78 Å². The molecule has 0 saturated carbocycles. The Morgan fingerprint density at radius 2 is 1.84 bits per heavy atom. The molecule has 1 aromatic carbocycles. The van der Waals surface area contributed by atoms with Crippen LogP contribution in [-0.4, -0.2) is 43.5 Å². The summed E-state index contributed by atoms with van der Waals surface area (Å²) in [7, 11) is 0. The maximum absolute atomic E-state index is 12.1. The number of Topliss-reactive ketones (excluding diaryl/α,β-unsaturated/α-hetero) is 1. The van der Waals surface area contributed by atoms with Crippen LogP contribution in [0.2, 0.25) is 0 Å². The molecular weight excluding hydrogens is 238 g/mol. The predicted molar refractivity (Wildman–Crippen MR) is 76.7 cm³/mol. The minimum atomic E-state index is 0.238. The van der Waals surface area contributed by atoms with Gasteiger partial charge in [-0.1, -0.05) is 38.1 Å². The van der Waals surface area contributed by atoms with Crippen molar-refractivity contribution in [3.8, 4) is 0 Å². The van der Waals surface area contributed by atoms with Crippen LogP contribution >= 0.6 is 0 Å². The molecule has 3 nitrogen and oxygen atoms in total. The Kier molecular flexibility index (Phi) is 5.11. The van der Waals surface area contributed by atoms with Gasteiger partial charge in [0.2, 0.25) is 0 Å². The third kappa shape index (κ3) is 4.15. The normalized spacial score (nSPS) is 16.8. The number of carbonyl (C=O) groups is 1. The molecule has 0 radical (unpaired) electrons. The van der Waals surface area contributed by atoms with E-state index in [1.54, 1.807) is 0 Å². The Morgan fingerprint density at radius 3 is 2.42 bits per heavy atom. The first-order valence-corrected chi connectivity index (χ1v) is 7.10. The number of hydrogen-bond donors (Lipinski definition) is 0. The molecule has 1 aliphatic heterocycles. The van der Waals surface area contributed by atoms with Crippen molar-refractivity contribution in [1.82, 2.24) is 4.90 Å². The fourth-order valence-electron chi connectivity index (χ4n) is 2.28. The van der Waals surface area contributed by atoms with Crippen molar-refractivity contribution in [1.29, 1.82) is 0 Å². The molecule has 0 spiro atoms. The van der Waals surface area contributed by atoms with Gasteiger partial charge in [-0.25, -0.2) is 0 Å². The van der Waals surface area contributed by atoms with Gasteiger partial charge >= 0.3 is 0 Å². The van der Waals surface area contributed by atoms with E-state index in [2.05, 4.69) is 30.9 Å². The van der Waals surface area contributed by atoms with Gasteiger partial charge in [-0.15, -0.1) is 0 Å². The molecule has 2 rings (SSSR count). The molecule has 104 valence electrons. The number of nitrogens with zero attached hydrogens (tertiary/aromatic N) is 1.